The summed E-state index contributed by atoms with van der Waals surface area (Å²) in [5.74, 6) is 1.97. The standard InChI is InChI=1S/C30H44Cl2O5/c1-23(17-21-36-27-13-9-25(31)10-14-27)29(33)7-3-5-19-35-20-6-4-8-30(34)24(2)18-22-37-28-15-11-26(32)12-16-28/h9-16,23-24,29-30,33-34H,3-8,17-22H2,1-2H3. The molecule has 0 aliphatic rings. The van der Waals surface area contributed by atoms with Gasteiger partial charge in [-0.25, -0.2) is 0 Å². The molecule has 0 heterocycles. The molecule has 0 aromatic heterocycles. The smallest absolute Gasteiger partial charge is 0.119 e. The fourth-order valence-corrected chi connectivity index (χ4v) is 4.21. The maximum atomic E-state index is 10.4. The van der Waals surface area contributed by atoms with Gasteiger partial charge in [0.15, 0.2) is 0 Å². The summed E-state index contributed by atoms with van der Waals surface area (Å²) in [4.78, 5) is 0. The fraction of sp³-hybridized carbons (Fsp3) is 0.600. The Morgan fingerprint density at radius 2 is 0.946 bits per heavy atom. The summed E-state index contributed by atoms with van der Waals surface area (Å²) < 4.78 is 17.2. The van der Waals surface area contributed by atoms with Gasteiger partial charge in [-0.1, -0.05) is 37.0 Å². The van der Waals surface area contributed by atoms with Crippen molar-refractivity contribution in [2.24, 2.45) is 11.8 Å². The van der Waals surface area contributed by atoms with Gasteiger partial charge in [-0.3, -0.25) is 0 Å². The highest BCUT2D eigenvalue weighted by molar-refractivity contribution is 6.30. The summed E-state index contributed by atoms with van der Waals surface area (Å²) in [6.45, 7) is 6.70. The molecule has 0 fully saturated rings. The molecule has 2 N–H and O–H groups in total. The van der Waals surface area contributed by atoms with Gasteiger partial charge in [-0.2, -0.15) is 0 Å². The van der Waals surface area contributed by atoms with Crippen LogP contribution >= 0.6 is 23.2 Å². The number of hydrogen-bond donors (Lipinski definition) is 2. The molecular weight excluding hydrogens is 511 g/mol. The summed E-state index contributed by atoms with van der Waals surface area (Å²) in [7, 11) is 0. The lowest BCUT2D eigenvalue weighted by molar-refractivity contribution is 0.0779. The lowest BCUT2D eigenvalue weighted by Crippen LogP contribution is -2.20. The third kappa shape index (κ3) is 14.3. The highest BCUT2D eigenvalue weighted by atomic mass is 35.5. The van der Waals surface area contributed by atoms with Crippen LogP contribution in [0.4, 0.5) is 0 Å². The van der Waals surface area contributed by atoms with Crippen LogP contribution in [-0.2, 0) is 4.74 Å². The molecule has 4 atom stereocenters. The van der Waals surface area contributed by atoms with E-state index in [0.717, 1.165) is 62.9 Å². The summed E-state index contributed by atoms with van der Waals surface area (Å²) in [5.41, 5.74) is 0. The SMILES string of the molecule is CC(CCOc1ccc(Cl)cc1)C(O)CCCCOCCCCC(O)C(C)CCOc1ccc(Cl)cc1. The van der Waals surface area contributed by atoms with Crippen molar-refractivity contribution in [2.45, 2.75) is 77.4 Å². The Kier molecular flexibility index (Phi) is 16.0. The molecule has 0 aliphatic carbocycles. The van der Waals surface area contributed by atoms with E-state index < -0.39 is 0 Å². The highest BCUT2D eigenvalue weighted by Crippen LogP contribution is 2.20. The van der Waals surface area contributed by atoms with Crippen LogP contribution in [0, 0.1) is 11.8 Å². The molecule has 2 aromatic carbocycles. The van der Waals surface area contributed by atoms with Gasteiger partial charge < -0.3 is 24.4 Å². The molecule has 208 valence electrons. The van der Waals surface area contributed by atoms with Crippen LogP contribution in [0.3, 0.4) is 0 Å². The minimum atomic E-state index is -0.325. The zero-order valence-electron chi connectivity index (χ0n) is 22.3. The summed E-state index contributed by atoms with van der Waals surface area (Å²) in [5, 5.41) is 22.2. The Hall–Kier alpha value is -1.50. The zero-order chi connectivity index (χ0) is 26.9. The predicted molar refractivity (Wildman–Crippen MR) is 152 cm³/mol. The quantitative estimate of drug-likeness (QED) is 0.165. The number of aliphatic hydroxyl groups excluding tert-OH is 2. The molecule has 7 heteroatoms. The molecule has 4 unspecified atom stereocenters. The van der Waals surface area contributed by atoms with Crippen molar-refractivity contribution in [3.63, 3.8) is 0 Å². The molecule has 0 saturated carbocycles. The number of unbranched alkanes of at least 4 members (excludes halogenated alkanes) is 2. The van der Waals surface area contributed by atoms with E-state index in [2.05, 4.69) is 13.8 Å². The third-order valence-corrected chi connectivity index (χ3v) is 7.21. The van der Waals surface area contributed by atoms with Crippen LogP contribution in [0.15, 0.2) is 48.5 Å². The number of ether oxygens (including phenoxy) is 3. The normalized spacial score (nSPS) is 14.6. The Labute approximate surface area is 233 Å². The Morgan fingerprint density at radius 3 is 1.32 bits per heavy atom. The minimum Gasteiger partial charge on any atom is -0.494 e. The second-order valence-electron chi connectivity index (χ2n) is 9.88. The number of hydrogen-bond acceptors (Lipinski definition) is 5. The molecule has 0 radical (unpaired) electrons. The molecule has 5 nitrogen and oxygen atoms in total. The van der Waals surface area contributed by atoms with Crippen molar-refractivity contribution in [1.29, 1.82) is 0 Å². The maximum Gasteiger partial charge on any atom is 0.119 e. The first kappa shape index (κ1) is 31.7. The number of benzene rings is 2. The van der Waals surface area contributed by atoms with Gasteiger partial charge in [0, 0.05) is 23.3 Å². The highest BCUT2D eigenvalue weighted by Gasteiger charge is 2.15. The lowest BCUT2D eigenvalue weighted by Gasteiger charge is -2.19. The molecule has 2 aromatic rings. The van der Waals surface area contributed by atoms with Gasteiger partial charge >= 0.3 is 0 Å². The first-order valence-electron chi connectivity index (χ1n) is 13.6. The van der Waals surface area contributed by atoms with Crippen LogP contribution in [0.1, 0.15) is 65.2 Å². The average Bonchev–Trinajstić information content (AvgIpc) is 2.89. The largest absolute Gasteiger partial charge is 0.494 e. The molecule has 0 amide bonds. The minimum absolute atomic E-state index is 0.186. The van der Waals surface area contributed by atoms with Crippen LogP contribution < -0.4 is 9.47 Å². The van der Waals surface area contributed by atoms with Crippen molar-refractivity contribution in [3.8, 4) is 11.5 Å². The molecule has 2 rings (SSSR count). The predicted octanol–water partition coefficient (Wildman–Crippen LogP) is 7.58. The van der Waals surface area contributed by atoms with Gasteiger partial charge in [0.25, 0.3) is 0 Å². The Balaban J connectivity index is 1.40. The second-order valence-corrected chi connectivity index (χ2v) is 10.7. The van der Waals surface area contributed by atoms with Crippen LogP contribution in [0.25, 0.3) is 0 Å². The number of aliphatic hydroxyl groups is 2. The summed E-state index contributed by atoms with van der Waals surface area (Å²) in [6.07, 6.45) is 6.28. The first-order chi connectivity index (χ1) is 17.8. The van der Waals surface area contributed by atoms with Crippen molar-refractivity contribution in [1.82, 2.24) is 0 Å². The van der Waals surface area contributed by atoms with Gasteiger partial charge in [0.1, 0.15) is 11.5 Å². The van der Waals surface area contributed by atoms with Crippen LogP contribution in [0.5, 0.6) is 11.5 Å². The lowest BCUT2D eigenvalue weighted by atomic mass is 9.97. The second kappa shape index (κ2) is 18.7. The van der Waals surface area contributed by atoms with E-state index in [-0.39, 0.29) is 24.0 Å². The molecule has 0 spiro atoms. The van der Waals surface area contributed by atoms with Crippen molar-refractivity contribution >= 4 is 23.2 Å². The van der Waals surface area contributed by atoms with E-state index in [4.69, 9.17) is 37.4 Å². The topological polar surface area (TPSA) is 68.2 Å². The molecule has 0 aliphatic heterocycles. The Morgan fingerprint density at radius 1 is 0.568 bits per heavy atom. The number of rotatable bonds is 20. The van der Waals surface area contributed by atoms with Gasteiger partial charge in [0.05, 0.1) is 25.4 Å². The Bertz CT molecular complexity index is 761. The maximum absolute atomic E-state index is 10.4. The summed E-state index contributed by atoms with van der Waals surface area (Å²) in [6, 6.07) is 14.7. The molecule has 37 heavy (non-hydrogen) atoms. The van der Waals surface area contributed by atoms with E-state index in [9.17, 15) is 10.2 Å². The first-order valence-corrected chi connectivity index (χ1v) is 14.3. The van der Waals surface area contributed by atoms with Gasteiger partial charge in [-0.15, -0.1) is 0 Å². The van der Waals surface area contributed by atoms with Crippen molar-refractivity contribution in [3.05, 3.63) is 58.6 Å². The van der Waals surface area contributed by atoms with Crippen LogP contribution in [0.2, 0.25) is 10.0 Å². The van der Waals surface area contributed by atoms with Crippen LogP contribution in [-0.4, -0.2) is 48.8 Å². The van der Waals surface area contributed by atoms with Gasteiger partial charge in [0.2, 0.25) is 0 Å². The molecule has 0 saturated heterocycles. The van der Waals surface area contributed by atoms with Gasteiger partial charge in [-0.05, 0) is 112 Å². The average molecular weight is 556 g/mol. The van der Waals surface area contributed by atoms with Crippen molar-refractivity contribution < 1.29 is 24.4 Å². The number of halogens is 2. The molecule has 0 bridgehead atoms. The summed E-state index contributed by atoms with van der Waals surface area (Å²) >= 11 is 11.8. The van der Waals surface area contributed by atoms with E-state index in [1.807, 2.05) is 48.5 Å². The van der Waals surface area contributed by atoms with E-state index >= 15 is 0 Å². The third-order valence-electron chi connectivity index (χ3n) is 6.70. The van der Waals surface area contributed by atoms with E-state index in [1.165, 1.54) is 0 Å². The zero-order valence-corrected chi connectivity index (χ0v) is 23.8. The monoisotopic (exact) mass is 554 g/mol. The van der Waals surface area contributed by atoms with E-state index in [0.29, 0.717) is 36.5 Å². The molecular formula is C30H44Cl2O5. The fourth-order valence-electron chi connectivity index (χ4n) is 3.96. The van der Waals surface area contributed by atoms with Crippen molar-refractivity contribution in [2.75, 3.05) is 26.4 Å². The van der Waals surface area contributed by atoms with E-state index in [1.54, 1.807) is 0 Å².